The highest BCUT2D eigenvalue weighted by molar-refractivity contribution is 9.10. The van der Waals surface area contributed by atoms with Crippen molar-refractivity contribution in [2.45, 2.75) is 0 Å². The minimum atomic E-state index is 0.115. The number of rotatable bonds is 1. The summed E-state index contributed by atoms with van der Waals surface area (Å²) in [5.74, 6) is 0. The number of hydrogen-bond acceptors (Lipinski definition) is 1. The van der Waals surface area contributed by atoms with Gasteiger partial charge in [-0.3, -0.25) is 4.79 Å². The van der Waals surface area contributed by atoms with Gasteiger partial charge in [0.05, 0.1) is 0 Å². The van der Waals surface area contributed by atoms with Crippen molar-refractivity contribution in [3.05, 3.63) is 86.1 Å². The van der Waals surface area contributed by atoms with Crippen molar-refractivity contribution in [1.82, 2.24) is 0 Å². The van der Waals surface area contributed by atoms with Crippen LogP contribution in [0.2, 0.25) is 0 Å². The Bertz CT molecular complexity index is 1040. The van der Waals surface area contributed by atoms with E-state index in [4.69, 9.17) is 0 Å². The lowest BCUT2D eigenvalue weighted by Crippen LogP contribution is -2.19. The molecule has 0 fully saturated rings. The second kappa shape index (κ2) is 4.68. The van der Waals surface area contributed by atoms with Gasteiger partial charge in [0, 0.05) is 20.5 Å². The molecule has 0 heterocycles. The first-order valence-corrected chi connectivity index (χ1v) is 7.57. The van der Waals surface area contributed by atoms with E-state index in [1.165, 1.54) is 0 Å². The molecule has 0 bridgehead atoms. The van der Waals surface area contributed by atoms with Gasteiger partial charge < -0.3 is 0 Å². The standard InChI is InChI=1S/C19H11BrO/c20-14-9-7-12(8-10-14)11-17-15-5-1-3-13-4-2-6-16(18(13)15)19(17)21/h1-11H/b17-11+. The Morgan fingerprint density at radius 3 is 2.19 bits per heavy atom. The van der Waals surface area contributed by atoms with Gasteiger partial charge in [-0.1, -0.05) is 64.5 Å². The highest BCUT2D eigenvalue weighted by Crippen LogP contribution is 2.22. The molecule has 0 radical (unpaired) electrons. The first-order valence-electron chi connectivity index (χ1n) is 6.78. The van der Waals surface area contributed by atoms with Crippen LogP contribution in [-0.2, 0) is 0 Å². The molecule has 4 aromatic rings. The molecule has 100 valence electrons. The maximum Gasteiger partial charge on any atom is 0.194 e. The van der Waals surface area contributed by atoms with E-state index in [0.29, 0.717) is 0 Å². The third-order valence-corrected chi connectivity index (χ3v) is 4.39. The van der Waals surface area contributed by atoms with E-state index in [9.17, 15) is 4.79 Å². The Morgan fingerprint density at radius 2 is 1.48 bits per heavy atom. The molecule has 2 heteroatoms. The topological polar surface area (TPSA) is 17.1 Å². The molecule has 0 saturated carbocycles. The number of halogens is 1. The zero-order chi connectivity index (χ0) is 14.4. The molecular weight excluding hydrogens is 324 g/mol. The largest absolute Gasteiger partial charge is 0.289 e. The van der Waals surface area contributed by atoms with Gasteiger partial charge in [0.2, 0.25) is 0 Å². The predicted molar refractivity (Wildman–Crippen MR) is 91.8 cm³/mol. The van der Waals surface area contributed by atoms with E-state index in [1.807, 2.05) is 54.6 Å². The van der Waals surface area contributed by atoms with Gasteiger partial charge in [-0.2, -0.15) is 0 Å². The predicted octanol–water partition coefficient (Wildman–Crippen LogP) is 4.10. The molecular formula is C19H11BrO. The van der Waals surface area contributed by atoms with E-state index >= 15 is 0 Å². The molecule has 4 aromatic carbocycles. The molecule has 0 aliphatic heterocycles. The molecule has 0 amide bonds. The minimum absolute atomic E-state index is 0.115. The monoisotopic (exact) mass is 334 g/mol. The van der Waals surface area contributed by atoms with Crippen LogP contribution < -0.4 is 10.6 Å². The van der Waals surface area contributed by atoms with Crippen LogP contribution in [-0.4, -0.2) is 0 Å². The van der Waals surface area contributed by atoms with Gasteiger partial charge >= 0.3 is 0 Å². The second-order valence-corrected chi connectivity index (χ2v) is 6.06. The Labute approximate surface area is 130 Å². The quantitative estimate of drug-likeness (QED) is 0.512. The third kappa shape index (κ3) is 1.95. The first-order chi connectivity index (χ1) is 10.2. The molecule has 0 aliphatic rings. The van der Waals surface area contributed by atoms with Gasteiger partial charge in [-0.05, 0) is 34.5 Å². The van der Waals surface area contributed by atoms with Gasteiger partial charge in [0.15, 0.2) is 5.43 Å². The SMILES string of the molecule is O=c1/c(=C/c2ccc(Br)cc2)c2cccc3cccc1c32. The fourth-order valence-corrected chi connectivity index (χ4v) is 3.16. The van der Waals surface area contributed by atoms with E-state index in [0.717, 1.165) is 36.8 Å². The van der Waals surface area contributed by atoms with Crippen molar-refractivity contribution in [1.29, 1.82) is 0 Å². The van der Waals surface area contributed by atoms with Crippen LogP contribution in [0.25, 0.3) is 27.6 Å². The molecule has 0 aliphatic carbocycles. The second-order valence-electron chi connectivity index (χ2n) is 5.15. The summed E-state index contributed by atoms with van der Waals surface area (Å²) in [5, 5.41) is 4.83. The average molecular weight is 335 g/mol. The summed E-state index contributed by atoms with van der Waals surface area (Å²) in [6.07, 6.45) is 1.98. The Morgan fingerprint density at radius 1 is 0.810 bits per heavy atom. The Hall–Kier alpha value is -2.19. The van der Waals surface area contributed by atoms with Crippen LogP contribution in [0.5, 0.6) is 0 Å². The zero-order valence-electron chi connectivity index (χ0n) is 11.1. The molecule has 0 unspecified atom stereocenters. The van der Waals surface area contributed by atoms with Crippen molar-refractivity contribution in [2.24, 2.45) is 0 Å². The molecule has 0 aromatic heterocycles. The average Bonchev–Trinajstić information content (AvgIpc) is 2.78. The van der Waals surface area contributed by atoms with Gasteiger partial charge in [-0.25, -0.2) is 0 Å². The molecule has 1 nitrogen and oxygen atoms in total. The summed E-state index contributed by atoms with van der Waals surface area (Å²) in [6, 6.07) is 20.0. The van der Waals surface area contributed by atoms with Gasteiger partial charge in [-0.15, -0.1) is 0 Å². The van der Waals surface area contributed by atoms with Crippen molar-refractivity contribution in [3.63, 3.8) is 0 Å². The van der Waals surface area contributed by atoms with Crippen LogP contribution in [0.15, 0.2) is 69.9 Å². The van der Waals surface area contributed by atoms with E-state index in [1.54, 1.807) is 0 Å². The summed E-state index contributed by atoms with van der Waals surface area (Å²) < 4.78 is 1.03. The third-order valence-electron chi connectivity index (χ3n) is 3.87. The highest BCUT2D eigenvalue weighted by atomic mass is 79.9. The van der Waals surface area contributed by atoms with Gasteiger partial charge in [0.25, 0.3) is 0 Å². The van der Waals surface area contributed by atoms with Crippen molar-refractivity contribution < 1.29 is 0 Å². The molecule has 0 atom stereocenters. The number of hydrogen-bond donors (Lipinski definition) is 0. The van der Waals surface area contributed by atoms with E-state index in [2.05, 4.69) is 28.1 Å². The smallest absolute Gasteiger partial charge is 0.194 e. The van der Waals surface area contributed by atoms with Crippen LogP contribution in [0.1, 0.15) is 5.56 Å². The lowest BCUT2D eigenvalue weighted by molar-refractivity contribution is 1.59. The molecule has 21 heavy (non-hydrogen) atoms. The molecule has 0 N–H and O–H groups in total. The molecule has 4 rings (SSSR count). The lowest BCUT2D eigenvalue weighted by atomic mass is 10.1. The molecule has 0 saturated heterocycles. The van der Waals surface area contributed by atoms with Crippen LogP contribution in [0.4, 0.5) is 0 Å². The van der Waals surface area contributed by atoms with Crippen LogP contribution in [0, 0.1) is 0 Å². The fraction of sp³-hybridized carbons (Fsp3) is 0. The summed E-state index contributed by atoms with van der Waals surface area (Å²) in [5.41, 5.74) is 1.15. The minimum Gasteiger partial charge on any atom is -0.289 e. The first kappa shape index (κ1) is 12.5. The van der Waals surface area contributed by atoms with Gasteiger partial charge in [0.1, 0.15) is 0 Å². The summed E-state index contributed by atoms with van der Waals surface area (Å²) in [7, 11) is 0. The van der Waals surface area contributed by atoms with Crippen molar-refractivity contribution >= 4 is 43.6 Å². The van der Waals surface area contributed by atoms with E-state index in [-0.39, 0.29) is 5.43 Å². The maximum absolute atomic E-state index is 12.7. The Balaban J connectivity index is 2.14. The summed E-state index contributed by atoms with van der Waals surface area (Å²) in [4.78, 5) is 12.7. The van der Waals surface area contributed by atoms with Crippen LogP contribution >= 0.6 is 15.9 Å². The maximum atomic E-state index is 12.7. The van der Waals surface area contributed by atoms with E-state index < -0.39 is 0 Å². The highest BCUT2D eigenvalue weighted by Gasteiger charge is 2.10. The zero-order valence-corrected chi connectivity index (χ0v) is 12.7. The number of benzene rings is 3. The normalized spacial score (nSPS) is 12.5. The molecule has 0 spiro atoms. The van der Waals surface area contributed by atoms with Crippen LogP contribution in [0.3, 0.4) is 0 Å². The fourth-order valence-electron chi connectivity index (χ4n) is 2.89. The lowest BCUT2D eigenvalue weighted by Gasteiger charge is -1.96. The van der Waals surface area contributed by atoms with Crippen molar-refractivity contribution in [3.8, 4) is 0 Å². The summed E-state index contributed by atoms with van der Waals surface area (Å²) >= 11 is 3.43. The van der Waals surface area contributed by atoms with Crippen molar-refractivity contribution in [2.75, 3.05) is 0 Å². The Kier molecular flexibility index (Phi) is 2.79. The summed E-state index contributed by atoms with van der Waals surface area (Å²) in [6.45, 7) is 0.